The molecule has 0 radical (unpaired) electrons. The summed E-state index contributed by atoms with van der Waals surface area (Å²) in [5.41, 5.74) is 2.05. The third-order valence-corrected chi connectivity index (χ3v) is 3.54. The van der Waals surface area contributed by atoms with Gasteiger partial charge in [0.15, 0.2) is 0 Å². The van der Waals surface area contributed by atoms with Gasteiger partial charge >= 0.3 is 0 Å². The zero-order chi connectivity index (χ0) is 13.3. The van der Waals surface area contributed by atoms with Gasteiger partial charge in [-0.2, -0.15) is 0 Å². The van der Waals surface area contributed by atoms with Crippen LogP contribution in [0.3, 0.4) is 0 Å². The van der Waals surface area contributed by atoms with Crippen molar-refractivity contribution in [2.75, 3.05) is 18.0 Å². The highest BCUT2D eigenvalue weighted by molar-refractivity contribution is 5.90. The van der Waals surface area contributed by atoms with E-state index < -0.39 is 5.54 Å². The molecule has 0 unspecified atom stereocenters. The van der Waals surface area contributed by atoms with Gasteiger partial charge in [-0.3, -0.25) is 9.59 Å². The molecule has 1 aliphatic rings. The monoisotopic (exact) mass is 246 g/mol. The second-order valence-electron chi connectivity index (χ2n) is 5.13. The van der Waals surface area contributed by atoms with Crippen LogP contribution in [0.4, 0.5) is 5.69 Å². The number of hydrogen-bond acceptors (Lipinski definition) is 3. The third-order valence-electron chi connectivity index (χ3n) is 3.54. The summed E-state index contributed by atoms with van der Waals surface area (Å²) in [6.45, 7) is 7.15. The number of piperazine rings is 1. The van der Waals surface area contributed by atoms with Gasteiger partial charge in [-0.15, -0.1) is 0 Å². The second kappa shape index (κ2) is 4.44. The van der Waals surface area contributed by atoms with Crippen molar-refractivity contribution in [1.82, 2.24) is 5.32 Å². The minimum atomic E-state index is -0.562. The molecule has 18 heavy (non-hydrogen) atoms. The molecule has 4 heteroatoms. The Morgan fingerprint density at radius 3 is 2.72 bits per heavy atom. The normalized spacial score (nSPS) is 18.4. The van der Waals surface area contributed by atoms with E-state index in [1.54, 1.807) is 6.07 Å². The fourth-order valence-corrected chi connectivity index (χ4v) is 2.31. The molecule has 0 saturated carbocycles. The van der Waals surface area contributed by atoms with Crippen molar-refractivity contribution < 1.29 is 9.59 Å². The molecule has 1 aromatic carbocycles. The maximum Gasteiger partial charge on any atom is 0.245 e. The third kappa shape index (κ3) is 1.98. The summed E-state index contributed by atoms with van der Waals surface area (Å²) in [6, 6.07) is 5.67. The van der Waals surface area contributed by atoms with Crippen LogP contribution in [0.2, 0.25) is 0 Å². The molecule has 4 nitrogen and oxygen atoms in total. The van der Waals surface area contributed by atoms with E-state index in [0.717, 1.165) is 24.1 Å². The van der Waals surface area contributed by atoms with E-state index >= 15 is 0 Å². The highest BCUT2D eigenvalue weighted by Gasteiger charge is 2.37. The number of rotatable bonds is 2. The van der Waals surface area contributed by atoms with Gasteiger partial charge < -0.3 is 10.2 Å². The van der Waals surface area contributed by atoms with Gasteiger partial charge in [0.25, 0.3) is 0 Å². The van der Waals surface area contributed by atoms with E-state index in [-0.39, 0.29) is 5.91 Å². The molecule has 1 heterocycles. The fraction of sp³-hybridized carbons (Fsp3) is 0.429. The predicted molar refractivity (Wildman–Crippen MR) is 71.0 cm³/mol. The van der Waals surface area contributed by atoms with E-state index in [2.05, 4.69) is 10.2 Å². The molecule has 1 aliphatic heterocycles. The van der Waals surface area contributed by atoms with E-state index in [0.29, 0.717) is 12.1 Å². The Morgan fingerprint density at radius 1 is 1.39 bits per heavy atom. The highest BCUT2D eigenvalue weighted by Crippen LogP contribution is 2.27. The van der Waals surface area contributed by atoms with Crippen LogP contribution >= 0.6 is 0 Å². The van der Waals surface area contributed by atoms with Crippen LogP contribution in [0.15, 0.2) is 18.2 Å². The first-order valence-electron chi connectivity index (χ1n) is 6.08. The van der Waals surface area contributed by atoms with Crippen molar-refractivity contribution in [3.63, 3.8) is 0 Å². The van der Waals surface area contributed by atoms with Crippen LogP contribution in [0.25, 0.3) is 0 Å². The van der Waals surface area contributed by atoms with Crippen molar-refractivity contribution in [1.29, 1.82) is 0 Å². The topological polar surface area (TPSA) is 49.4 Å². The fourth-order valence-electron chi connectivity index (χ4n) is 2.31. The summed E-state index contributed by atoms with van der Waals surface area (Å²) in [5.74, 6) is 0.0332. The Bertz CT molecular complexity index is 495. The van der Waals surface area contributed by atoms with Crippen molar-refractivity contribution in [3.05, 3.63) is 29.3 Å². The number of nitrogens with one attached hydrogen (secondary N) is 1. The van der Waals surface area contributed by atoms with Crippen LogP contribution in [0, 0.1) is 6.92 Å². The van der Waals surface area contributed by atoms with Gasteiger partial charge in [0.05, 0.1) is 0 Å². The minimum Gasteiger partial charge on any atom is -0.356 e. The molecule has 1 N–H and O–H groups in total. The van der Waals surface area contributed by atoms with E-state index in [4.69, 9.17) is 0 Å². The maximum absolute atomic E-state index is 11.9. The van der Waals surface area contributed by atoms with Gasteiger partial charge in [-0.05, 0) is 44.5 Å². The maximum atomic E-state index is 11.9. The lowest BCUT2D eigenvalue weighted by Gasteiger charge is -2.43. The lowest BCUT2D eigenvalue weighted by Crippen LogP contribution is -2.62. The van der Waals surface area contributed by atoms with Gasteiger partial charge in [-0.25, -0.2) is 0 Å². The number of carbonyl (C=O) groups excluding carboxylic acids is 2. The molecule has 0 bridgehead atoms. The standard InChI is InChI=1S/C14H18N2O2/c1-10-8-12(5-4-11(10)9-17)16-7-6-15-13(18)14(16,2)3/h4-5,8-9H,6-7H2,1-3H3,(H,15,18). The van der Waals surface area contributed by atoms with Crippen LogP contribution in [-0.2, 0) is 4.79 Å². The molecule has 1 aromatic rings. The smallest absolute Gasteiger partial charge is 0.245 e. The molecule has 0 spiro atoms. The molecule has 1 fully saturated rings. The molecule has 0 aromatic heterocycles. The second-order valence-corrected chi connectivity index (χ2v) is 5.13. The van der Waals surface area contributed by atoms with E-state index in [1.165, 1.54) is 0 Å². The first-order valence-corrected chi connectivity index (χ1v) is 6.08. The summed E-state index contributed by atoms with van der Waals surface area (Å²) >= 11 is 0. The van der Waals surface area contributed by atoms with Gasteiger partial charge in [0.1, 0.15) is 11.8 Å². The van der Waals surface area contributed by atoms with Crippen LogP contribution in [0.1, 0.15) is 29.8 Å². The molecule has 0 aliphatic carbocycles. The largest absolute Gasteiger partial charge is 0.356 e. The summed E-state index contributed by atoms with van der Waals surface area (Å²) in [7, 11) is 0. The van der Waals surface area contributed by atoms with Gasteiger partial charge in [0.2, 0.25) is 5.91 Å². The Hall–Kier alpha value is -1.84. The van der Waals surface area contributed by atoms with Crippen molar-refractivity contribution in [3.8, 4) is 0 Å². The first kappa shape index (κ1) is 12.6. The minimum absolute atomic E-state index is 0.0332. The first-order chi connectivity index (χ1) is 8.46. The number of nitrogens with zero attached hydrogens (tertiary/aromatic N) is 1. The zero-order valence-electron chi connectivity index (χ0n) is 11.0. The highest BCUT2D eigenvalue weighted by atomic mass is 16.2. The number of hydrogen-bond donors (Lipinski definition) is 1. The summed E-state index contributed by atoms with van der Waals surface area (Å²) in [4.78, 5) is 24.8. The Morgan fingerprint density at radius 2 is 2.11 bits per heavy atom. The molecular formula is C14H18N2O2. The molecule has 96 valence electrons. The SMILES string of the molecule is Cc1cc(N2CCNC(=O)C2(C)C)ccc1C=O. The number of carbonyl (C=O) groups is 2. The molecule has 1 amide bonds. The predicted octanol–water partition coefficient (Wildman–Crippen LogP) is 1.52. The van der Waals surface area contributed by atoms with Crippen molar-refractivity contribution in [2.24, 2.45) is 0 Å². The van der Waals surface area contributed by atoms with E-state index in [9.17, 15) is 9.59 Å². The number of benzene rings is 1. The van der Waals surface area contributed by atoms with Crippen LogP contribution in [-0.4, -0.2) is 30.8 Å². The van der Waals surface area contributed by atoms with Gasteiger partial charge in [0, 0.05) is 24.3 Å². The number of aryl methyl sites for hydroxylation is 1. The average molecular weight is 246 g/mol. The van der Waals surface area contributed by atoms with Crippen molar-refractivity contribution in [2.45, 2.75) is 26.3 Å². The number of aldehydes is 1. The van der Waals surface area contributed by atoms with Crippen LogP contribution < -0.4 is 10.2 Å². The van der Waals surface area contributed by atoms with Crippen LogP contribution in [0.5, 0.6) is 0 Å². The quantitative estimate of drug-likeness (QED) is 0.805. The number of amides is 1. The molecule has 2 rings (SSSR count). The Kier molecular flexibility index (Phi) is 3.11. The van der Waals surface area contributed by atoms with Gasteiger partial charge in [-0.1, -0.05) is 0 Å². The van der Waals surface area contributed by atoms with Crippen molar-refractivity contribution >= 4 is 17.9 Å². The number of anilines is 1. The summed E-state index contributed by atoms with van der Waals surface area (Å²) in [6.07, 6.45) is 0.854. The summed E-state index contributed by atoms with van der Waals surface area (Å²) < 4.78 is 0. The lowest BCUT2D eigenvalue weighted by molar-refractivity contribution is -0.126. The zero-order valence-corrected chi connectivity index (χ0v) is 11.0. The average Bonchev–Trinajstić information content (AvgIpc) is 2.32. The summed E-state index contributed by atoms with van der Waals surface area (Å²) in [5, 5.41) is 2.87. The molecular weight excluding hydrogens is 228 g/mol. The Labute approximate surface area is 107 Å². The Balaban J connectivity index is 2.39. The van der Waals surface area contributed by atoms with E-state index in [1.807, 2.05) is 32.9 Å². The molecule has 1 saturated heterocycles. The molecule has 0 atom stereocenters. The lowest BCUT2D eigenvalue weighted by atomic mass is 9.97.